The molecule has 0 amide bonds. The molecule has 0 rings (SSSR count). The van der Waals surface area contributed by atoms with Gasteiger partial charge in [0, 0.05) is 25.7 Å². The number of unbranched alkanes of at least 4 members (excludes halogenated alkanes) is 33. The molecule has 0 aliphatic carbocycles. The predicted octanol–water partition coefficient (Wildman–Crippen LogP) is 21.0. The van der Waals surface area contributed by atoms with Crippen molar-refractivity contribution in [1.29, 1.82) is 0 Å². The molecular formula is C74H140O17P2. The summed E-state index contributed by atoms with van der Waals surface area (Å²) in [5.41, 5.74) is 0. The molecule has 93 heavy (non-hydrogen) atoms. The van der Waals surface area contributed by atoms with Gasteiger partial charge >= 0.3 is 39.5 Å². The van der Waals surface area contributed by atoms with Gasteiger partial charge in [0.2, 0.25) is 0 Å². The quantitative estimate of drug-likeness (QED) is 0.0169. The topological polar surface area (TPSA) is 237 Å². The lowest BCUT2D eigenvalue weighted by atomic mass is 9.99. The Labute approximate surface area is 567 Å². The zero-order valence-corrected chi connectivity index (χ0v) is 62.0. The third-order valence-corrected chi connectivity index (χ3v) is 19.1. The van der Waals surface area contributed by atoms with Gasteiger partial charge in [0.05, 0.1) is 26.4 Å². The lowest BCUT2D eigenvalue weighted by Crippen LogP contribution is -2.30. The molecule has 0 radical (unpaired) electrons. The van der Waals surface area contributed by atoms with Gasteiger partial charge in [-0.15, -0.1) is 0 Å². The Morgan fingerprint density at radius 3 is 0.957 bits per heavy atom. The van der Waals surface area contributed by atoms with Crippen LogP contribution in [-0.2, 0) is 65.4 Å². The Hall–Kier alpha value is -2.46. The number of phosphoric ester groups is 2. The van der Waals surface area contributed by atoms with Gasteiger partial charge in [-0.25, -0.2) is 9.13 Å². The number of aliphatic hydroxyl groups excluding tert-OH is 1. The molecule has 0 spiro atoms. The summed E-state index contributed by atoms with van der Waals surface area (Å²) in [6, 6.07) is 0. The first-order valence-electron chi connectivity index (χ1n) is 37.7. The second-order valence-corrected chi connectivity index (χ2v) is 29.9. The van der Waals surface area contributed by atoms with E-state index in [1.54, 1.807) is 0 Å². The van der Waals surface area contributed by atoms with Crippen LogP contribution in [0.15, 0.2) is 24.3 Å². The van der Waals surface area contributed by atoms with Crippen molar-refractivity contribution in [3.63, 3.8) is 0 Å². The molecule has 0 bridgehead atoms. The fourth-order valence-corrected chi connectivity index (χ4v) is 12.2. The van der Waals surface area contributed by atoms with Crippen LogP contribution in [0.3, 0.4) is 0 Å². The molecular weight excluding hydrogens is 1220 g/mol. The highest BCUT2D eigenvalue weighted by Crippen LogP contribution is 2.45. The fraction of sp³-hybridized carbons (Fsp3) is 0.892. The molecule has 7 atom stereocenters. The smallest absolute Gasteiger partial charge is 0.462 e. The van der Waals surface area contributed by atoms with Crippen molar-refractivity contribution in [1.82, 2.24) is 0 Å². The number of rotatable bonds is 70. The predicted molar refractivity (Wildman–Crippen MR) is 377 cm³/mol. The van der Waals surface area contributed by atoms with E-state index in [-0.39, 0.29) is 25.7 Å². The SMILES string of the molecule is CCCCCC/C=C\C=C/CCCCCCCC(=O)OC[C@H](COP(=O)(O)OC[C@@H](O)COP(=O)(O)OC[C@@H](COC(=O)CCCCCCCCC(C)CC)OC(=O)CCCCCCCCCCCCC(C)CC)OC(=O)CCCCCCCCCCCCCC(C)C. The van der Waals surface area contributed by atoms with Gasteiger partial charge in [-0.2, -0.15) is 0 Å². The van der Waals surface area contributed by atoms with E-state index < -0.39 is 97.5 Å². The van der Waals surface area contributed by atoms with Crippen molar-refractivity contribution < 1.29 is 80.2 Å². The van der Waals surface area contributed by atoms with Gasteiger partial charge in [0.15, 0.2) is 12.2 Å². The third-order valence-electron chi connectivity index (χ3n) is 17.2. The van der Waals surface area contributed by atoms with E-state index in [2.05, 4.69) is 72.8 Å². The second-order valence-electron chi connectivity index (χ2n) is 27.0. The van der Waals surface area contributed by atoms with Crippen LogP contribution < -0.4 is 0 Å². The monoisotopic (exact) mass is 1360 g/mol. The Bertz CT molecular complexity index is 1920. The molecule has 0 aromatic carbocycles. The zero-order chi connectivity index (χ0) is 68.7. The van der Waals surface area contributed by atoms with E-state index >= 15 is 0 Å². The van der Waals surface area contributed by atoms with Crippen LogP contribution in [0.1, 0.15) is 350 Å². The average molecular weight is 1360 g/mol. The molecule has 19 heteroatoms. The average Bonchev–Trinajstić information content (AvgIpc) is 3.68. The Kier molecular flexibility index (Phi) is 62.5. The first kappa shape index (κ1) is 90.5. The first-order chi connectivity index (χ1) is 44.8. The Balaban J connectivity index is 5.30. The number of hydrogen-bond donors (Lipinski definition) is 3. The van der Waals surface area contributed by atoms with Crippen molar-refractivity contribution in [3.8, 4) is 0 Å². The van der Waals surface area contributed by atoms with Crippen LogP contribution in [0.5, 0.6) is 0 Å². The maximum absolute atomic E-state index is 13.1. The molecule has 548 valence electrons. The highest BCUT2D eigenvalue weighted by atomic mass is 31.2. The summed E-state index contributed by atoms with van der Waals surface area (Å²) < 4.78 is 68.4. The van der Waals surface area contributed by atoms with Crippen LogP contribution in [0.25, 0.3) is 0 Å². The maximum Gasteiger partial charge on any atom is 0.472 e. The Morgan fingerprint density at radius 2 is 0.634 bits per heavy atom. The summed E-state index contributed by atoms with van der Waals surface area (Å²) >= 11 is 0. The van der Waals surface area contributed by atoms with Gasteiger partial charge in [0.1, 0.15) is 19.3 Å². The molecule has 0 saturated heterocycles. The second kappa shape index (κ2) is 64.2. The number of esters is 4. The molecule has 4 unspecified atom stereocenters. The normalized spacial score (nSPS) is 14.9. The third kappa shape index (κ3) is 65.3. The molecule has 0 aromatic rings. The Morgan fingerprint density at radius 1 is 0.355 bits per heavy atom. The molecule has 0 heterocycles. The van der Waals surface area contributed by atoms with E-state index in [0.717, 1.165) is 133 Å². The summed E-state index contributed by atoms with van der Waals surface area (Å²) in [5, 5.41) is 10.6. The number of phosphoric acid groups is 2. The van der Waals surface area contributed by atoms with Crippen molar-refractivity contribution in [2.24, 2.45) is 17.8 Å². The lowest BCUT2D eigenvalue weighted by Gasteiger charge is -2.21. The number of carbonyl (C=O) groups excluding carboxylic acids is 4. The molecule has 17 nitrogen and oxygen atoms in total. The van der Waals surface area contributed by atoms with Crippen molar-refractivity contribution >= 4 is 39.5 Å². The molecule has 0 aliphatic heterocycles. The number of hydrogen-bond acceptors (Lipinski definition) is 15. The first-order valence-corrected chi connectivity index (χ1v) is 40.7. The number of aliphatic hydroxyl groups is 1. The minimum atomic E-state index is -4.96. The van der Waals surface area contributed by atoms with Crippen molar-refractivity contribution in [3.05, 3.63) is 24.3 Å². The highest BCUT2D eigenvalue weighted by molar-refractivity contribution is 7.47. The maximum atomic E-state index is 13.1. The standard InChI is InChI=1S/C74H140O17P2/c1-8-11-12-13-14-15-16-17-18-19-22-28-33-41-48-55-71(76)84-61-69(90-73(78)57-50-43-34-29-23-20-21-26-31-38-45-52-65(4)5)63-88-92(80,81)86-59-68(75)60-87-93(82,83)89-64-70(62-85-72(77)56-49-42-37-36-40-47-54-67(7)10-3)91-74(79)58-51-44-35-30-25-24-27-32-39-46-53-66(6)9-2/h15-18,65-70,75H,8-14,19-64H2,1-7H3,(H,80,81)(H,82,83)/b16-15-,18-17-/t66?,67?,68-,69-,70-/m1/s1. The van der Waals surface area contributed by atoms with E-state index in [0.29, 0.717) is 25.7 Å². The minimum absolute atomic E-state index is 0.0991. The van der Waals surface area contributed by atoms with Gasteiger partial charge in [0.25, 0.3) is 0 Å². The van der Waals surface area contributed by atoms with E-state index in [9.17, 15) is 43.2 Å². The molecule has 3 N–H and O–H groups in total. The largest absolute Gasteiger partial charge is 0.472 e. The van der Waals surface area contributed by atoms with Gasteiger partial charge in [-0.05, 0) is 69.1 Å². The zero-order valence-electron chi connectivity index (χ0n) is 60.2. The summed E-state index contributed by atoms with van der Waals surface area (Å²) in [5.74, 6) is 0.141. The van der Waals surface area contributed by atoms with Crippen LogP contribution in [-0.4, -0.2) is 96.7 Å². The molecule has 0 fully saturated rings. The van der Waals surface area contributed by atoms with Gasteiger partial charge < -0.3 is 33.8 Å². The van der Waals surface area contributed by atoms with Gasteiger partial charge in [-0.3, -0.25) is 37.3 Å². The van der Waals surface area contributed by atoms with Crippen molar-refractivity contribution in [2.45, 2.75) is 369 Å². The lowest BCUT2D eigenvalue weighted by molar-refractivity contribution is -0.161. The van der Waals surface area contributed by atoms with Gasteiger partial charge in [-0.1, -0.05) is 297 Å². The van der Waals surface area contributed by atoms with Crippen LogP contribution in [0.4, 0.5) is 0 Å². The summed E-state index contributed by atoms with van der Waals surface area (Å²) in [7, 11) is -9.92. The van der Waals surface area contributed by atoms with E-state index in [1.807, 2.05) is 0 Å². The molecule has 0 aromatic heterocycles. The van der Waals surface area contributed by atoms with E-state index in [1.165, 1.54) is 135 Å². The fourth-order valence-electron chi connectivity index (χ4n) is 10.6. The molecule has 0 saturated carbocycles. The summed E-state index contributed by atoms with van der Waals surface area (Å²) in [6.07, 6.45) is 52.0. The minimum Gasteiger partial charge on any atom is -0.462 e. The summed E-state index contributed by atoms with van der Waals surface area (Å²) in [4.78, 5) is 72.7. The van der Waals surface area contributed by atoms with Crippen molar-refractivity contribution in [2.75, 3.05) is 39.6 Å². The van der Waals surface area contributed by atoms with Crippen LogP contribution >= 0.6 is 15.6 Å². The number of ether oxygens (including phenoxy) is 4. The van der Waals surface area contributed by atoms with Crippen LogP contribution in [0, 0.1) is 17.8 Å². The van der Waals surface area contributed by atoms with E-state index in [4.69, 9.17) is 37.0 Å². The number of allylic oxidation sites excluding steroid dienone is 4. The van der Waals surface area contributed by atoms with Crippen LogP contribution in [0.2, 0.25) is 0 Å². The highest BCUT2D eigenvalue weighted by Gasteiger charge is 2.30. The number of carbonyl (C=O) groups is 4. The molecule has 0 aliphatic rings. The summed E-state index contributed by atoms with van der Waals surface area (Å²) in [6.45, 7) is 11.8.